The third-order valence-electron chi connectivity index (χ3n) is 8.59. The van der Waals surface area contributed by atoms with Gasteiger partial charge in [0.1, 0.15) is 12.1 Å². The minimum absolute atomic E-state index is 0.0291. The van der Waals surface area contributed by atoms with E-state index < -0.39 is 29.9 Å². The lowest BCUT2D eigenvalue weighted by molar-refractivity contribution is -0.149. The van der Waals surface area contributed by atoms with Gasteiger partial charge in [0, 0.05) is 48.6 Å². The van der Waals surface area contributed by atoms with Crippen LogP contribution in [0.3, 0.4) is 0 Å². The van der Waals surface area contributed by atoms with E-state index in [4.69, 9.17) is 23.2 Å². The highest BCUT2D eigenvalue weighted by Gasteiger charge is 2.39. The molecule has 0 bridgehead atoms. The van der Waals surface area contributed by atoms with Gasteiger partial charge >= 0.3 is 5.97 Å². The van der Waals surface area contributed by atoms with Gasteiger partial charge < -0.3 is 20.2 Å². The molecule has 0 aromatic heterocycles. The van der Waals surface area contributed by atoms with Crippen molar-refractivity contribution in [1.29, 1.82) is 0 Å². The Hall–Kier alpha value is -3.10. The van der Waals surface area contributed by atoms with Crippen LogP contribution in [0.15, 0.2) is 48.5 Å². The zero-order valence-electron chi connectivity index (χ0n) is 23.3. The van der Waals surface area contributed by atoms with Gasteiger partial charge in [-0.15, -0.1) is 0 Å². The molecule has 1 saturated heterocycles. The van der Waals surface area contributed by atoms with E-state index in [1.807, 2.05) is 30.3 Å². The number of hydrogen-bond donors (Lipinski definition) is 2. The zero-order valence-corrected chi connectivity index (χ0v) is 24.8. The minimum Gasteiger partial charge on any atom is -0.480 e. The van der Waals surface area contributed by atoms with Crippen LogP contribution in [0, 0.1) is 5.41 Å². The van der Waals surface area contributed by atoms with Gasteiger partial charge in [-0.1, -0.05) is 66.4 Å². The van der Waals surface area contributed by atoms with Crippen LogP contribution in [0.2, 0.25) is 10.0 Å². The molecule has 1 aliphatic carbocycles. The van der Waals surface area contributed by atoms with E-state index in [9.17, 15) is 24.3 Å². The molecule has 2 fully saturated rings. The maximum absolute atomic E-state index is 13.7. The average molecular weight is 603 g/mol. The second kappa shape index (κ2) is 13.7. The van der Waals surface area contributed by atoms with Gasteiger partial charge in [-0.05, 0) is 61.3 Å². The van der Waals surface area contributed by atoms with Crippen molar-refractivity contribution in [3.63, 3.8) is 0 Å². The monoisotopic (exact) mass is 601 g/mol. The highest BCUT2D eigenvalue weighted by molar-refractivity contribution is 6.35. The normalized spacial score (nSPS) is 17.6. The Bertz CT molecular complexity index is 1240. The Kier molecular flexibility index (Phi) is 10.3. The zero-order chi connectivity index (χ0) is 29.6. The lowest BCUT2D eigenvalue weighted by Gasteiger charge is -2.40. The van der Waals surface area contributed by atoms with Crippen molar-refractivity contribution < 1.29 is 24.3 Å². The first-order valence-electron chi connectivity index (χ1n) is 14.1. The fourth-order valence-electron chi connectivity index (χ4n) is 6.08. The third-order valence-corrected chi connectivity index (χ3v) is 9.03. The maximum Gasteiger partial charge on any atom is 0.326 e. The van der Waals surface area contributed by atoms with Crippen LogP contribution in [-0.4, -0.2) is 70.8 Å². The molecule has 41 heavy (non-hydrogen) atoms. The number of carbonyl (C=O) groups is 4. The molecule has 1 heterocycles. The first-order chi connectivity index (χ1) is 19.6. The van der Waals surface area contributed by atoms with Gasteiger partial charge in [0.2, 0.25) is 11.8 Å². The summed E-state index contributed by atoms with van der Waals surface area (Å²) >= 11 is 12.2. The Labute approximate surface area is 251 Å². The maximum atomic E-state index is 13.7. The Balaban J connectivity index is 1.46. The Morgan fingerprint density at radius 3 is 2.17 bits per heavy atom. The summed E-state index contributed by atoms with van der Waals surface area (Å²) < 4.78 is 0. The van der Waals surface area contributed by atoms with Gasteiger partial charge in [-0.2, -0.15) is 0 Å². The quantitative estimate of drug-likeness (QED) is 0.389. The smallest absolute Gasteiger partial charge is 0.326 e. The summed E-state index contributed by atoms with van der Waals surface area (Å²) in [6, 6.07) is 11.5. The second-order valence-electron chi connectivity index (χ2n) is 11.3. The summed E-state index contributed by atoms with van der Waals surface area (Å²) in [5.74, 6) is -2.30. The van der Waals surface area contributed by atoms with E-state index in [1.54, 1.807) is 4.90 Å². The third kappa shape index (κ3) is 8.01. The Morgan fingerprint density at radius 2 is 1.59 bits per heavy atom. The number of likely N-dealkylation sites (tertiary alicyclic amines) is 1. The van der Waals surface area contributed by atoms with Crippen molar-refractivity contribution in [3.05, 3.63) is 69.7 Å². The van der Waals surface area contributed by atoms with Gasteiger partial charge in [-0.25, -0.2) is 4.79 Å². The summed E-state index contributed by atoms with van der Waals surface area (Å²) in [6.45, 7) is 1.22. The van der Waals surface area contributed by atoms with Gasteiger partial charge in [0.15, 0.2) is 0 Å². The number of hydrogen-bond acceptors (Lipinski definition) is 4. The fourth-order valence-corrected chi connectivity index (χ4v) is 6.60. The SMILES string of the molecule is CN(C(=O)CC[C@@H](NC(=O)c1cc(Cl)cc(Cl)c1)C(=O)N1CCC2(CCCC2)CC1)C(Cc1ccccc1)C(=O)O. The van der Waals surface area contributed by atoms with Crippen molar-refractivity contribution in [3.8, 4) is 0 Å². The molecule has 1 aliphatic heterocycles. The number of piperidine rings is 1. The number of carbonyl (C=O) groups excluding carboxylic acids is 3. The number of benzene rings is 2. The predicted molar refractivity (Wildman–Crippen MR) is 158 cm³/mol. The van der Waals surface area contributed by atoms with Gasteiger partial charge in [-0.3, -0.25) is 14.4 Å². The number of halogens is 2. The van der Waals surface area contributed by atoms with Crippen LogP contribution in [-0.2, 0) is 20.8 Å². The van der Waals surface area contributed by atoms with Crippen molar-refractivity contribution in [2.75, 3.05) is 20.1 Å². The molecular weight excluding hydrogens is 565 g/mol. The summed E-state index contributed by atoms with van der Waals surface area (Å²) in [7, 11) is 1.46. The summed E-state index contributed by atoms with van der Waals surface area (Å²) in [4.78, 5) is 55.1. The van der Waals surface area contributed by atoms with E-state index in [2.05, 4.69) is 5.32 Å². The molecule has 1 unspecified atom stereocenters. The molecule has 0 radical (unpaired) electrons. The topological polar surface area (TPSA) is 107 Å². The van der Waals surface area contributed by atoms with Crippen LogP contribution in [0.4, 0.5) is 0 Å². The molecule has 2 aromatic carbocycles. The number of nitrogens with one attached hydrogen (secondary N) is 1. The molecular formula is C31H37Cl2N3O5. The van der Waals surface area contributed by atoms with Crippen molar-refractivity contribution in [2.45, 2.75) is 69.9 Å². The summed E-state index contributed by atoms with van der Waals surface area (Å²) in [6.07, 6.45) is 6.79. The highest BCUT2D eigenvalue weighted by Crippen LogP contribution is 2.46. The van der Waals surface area contributed by atoms with Crippen LogP contribution in [0.1, 0.15) is 67.3 Å². The molecule has 2 N–H and O–H groups in total. The minimum atomic E-state index is -1.11. The first kappa shape index (κ1) is 30.8. The number of carboxylic acid groups (broad SMARTS) is 1. The number of likely N-dealkylation sites (N-methyl/N-ethyl adjacent to an activating group) is 1. The number of aliphatic carboxylic acids is 1. The van der Waals surface area contributed by atoms with Crippen molar-refractivity contribution in [1.82, 2.24) is 15.1 Å². The van der Waals surface area contributed by atoms with Gasteiger partial charge in [0.05, 0.1) is 0 Å². The molecule has 4 rings (SSSR count). The van der Waals surface area contributed by atoms with Crippen LogP contribution in [0.5, 0.6) is 0 Å². The van der Waals surface area contributed by atoms with Crippen LogP contribution in [0.25, 0.3) is 0 Å². The summed E-state index contributed by atoms with van der Waals surface area (Å²) in [5, 5.41) is 13.2. The molecule has 3 amide bonds. The standard InChI is InChI=1S/C31H37Cl2N3O5/c1-35(26(30(40)41)17-21-7-3-2-4-8-21)27(37)10-9-25(34-28(38)22-18-23(32)20-24(33)19-22)29(39)36-15-13-31(14-16-36)11-5-6-12-31/h2-4,7-8,18-20,25-26H,5-6,9-17H2,1H3,(H,34,38)(H,40,41)/t25-,26?/m1/s1. The average Bonchev–Trinajstić information content (AvgIpc) is 3.40. The van der Waals surface area contributed by atoms with Crippen molar-refractivity contribution in [2.24, 2.45) is 5.41 Å². The van der Waals surface area contributed by atoms with E-state index in [1.165, 1.54) is 55.8 Å². The number of carboxylic acids is 1. The molecule has 1 saturated carbocycles. The highest BCUT2D eigenvalue weighted by atomic mass is 35.5. The lowest BCUT2D eigenvalue weighted by atomic mass is 9.77. The number of amides is 3. The predicted octanol–water partition coefficient (Wildman–Crippen LogP) is 5.21. The number of rotatable bonds is 10. The fraction of sp³-hybridized carbons (Fsp3) is 0.484. The van der Waals surface area contributed by atoms with E-state index in [0.717, 1.165) is 18.4 Å². The first-order valence-corrected chi connectivity index (χ1v) is 14.9. The molecule has 8 nitrogen and oxygen atoms in total. The largest absolute Gasteiger partial charge is 0.480 e. The Morgan fingerprint density at radius 1 is 0.976 bits per heavy atom. The molecule has 2 atom stereocenters. The van der Waals surface area contributed by atoms with Crippen molar-refractivity contribution >= 4 is 46.9 Å². The van der Waals surface area contributed by atoms with Crippen LogP contribution < -0.4 is 5.32 Å². The second-order valence-corrected chi connectivity index (χ2v) is 12.2. The van der Waals surface area contributed by atoms with E-state index in [0.29, 0.717) is 28.5 Å². The lowest BCUT2D eigenvalue weighted by Crippen LogP contribution is -2.52. The van der Waals surface area contributed by atoms with E-state index >= 15 is 0 Å². The molecule has 220 valence electrons. The molecule has 2 aliphatic rings. The molecule has 1 spiro atoms. The summed E-state index contributed by atoms with van der Waals surface area (Å²) in [5.41, 5.74) is 1.32. The van der Waals surface area contributed by atoms with E-state index in [-0.39, 0.29) is 30.7 Å². The van der Waals surface area contributed by atoms with Crippen LogP contribution >= 0.6 is 23.2 Å². The molecule has 2 aromatic rings. The number of nitrogens with zero attached hydrogens (tertiary/aromatic N) is 2. The molecule has 10 heteroatoms. The van der Waals surface area contributed by atoms with Gasteiger partial charge in [0.25, 0.3) is 5.91 Å².